The van der Waals surface area contributed by atoms with E-state index in [9.17, 15) is 19.2 Å². The highest BCUT2D eigenvalue weighted by molar-refractivity contribution is 6.00. The van der Waals surface area contributed by atoms with E-state index in [0.29, 0.717) is 55.2 Å². The van der Waals surface area contributed by atoms with Crippen LogP contribution in [0.25, 0.3) is 0 Å². The first-order valence-corrected chi connectivity index (χ1v) is 13.1. The lowest BCUT2D eigenvalue weighted by Crippen LogP contribution is -2.38. The molecule has 0 aliphatic carbocycles. The number of hydrogen-bond acceptors (Lipinski definition) is 11. The molecular formula is C28H37NO10. The highest BCUT2D eigenvalue weighted by Gasteiger charge is 2.34. The lowest BCUT2D eigenvalue weighted by atomic mass is 9.94. The normalized spacial score (nSPS) is 15.4. The fraction of sp³-hybridized carbons (Fsp3) is 0.571. The Balaban J connectivity index is 1.69. The number of nitrogens with zero attached hydrogens (tertiary/aromatic N) is 1. The summed E-state index contributed by atoms with van der Waals surface area (Å²) in [7, 11) is 1.49. The van der Waals surface area contributed by atoms with Gasteiger partial charge >= 0.3 is 23.9 Å². The van der Waals surface area contributed by atoms with Crippen molar-refractivity contribution in [3.63, 3.8) is 0 Å². The second kappa shape index (κ2) is 14.6. The van der Waals surface area contributed by atoms with E-state index in [1.807, 2.05) is 13.0 Å². The molecule has 0 aromatic heterocycles. The van der Waals surface area contributed by atoms with Gasteiger partial charge in [-0.3, -0.25) is 19.3 Å². The second-order valence-electron chi connectivity index (χ2n) is 9.28. The summed E-state index contributed by atoms with van der Waals surface area (Å²) in [5.41, 5.74) is 2.80. The minimum absolute atomic E-state index is 0.0100. The smallest absolute Gasteiger partial charge is 0.342 e. The molecule has 2 aliphatic heterocycles. The average Bonchev–Trinajstić information content (AvgIpc) is 3.30. The molecule has 0 bridgehead atoms. The average molecular weight is 548 g/mol. The van der Waals surface area contributed by atoms with E-state index >= 15 is 0 Å². The van der Waals surface area contributed by atoms with Gasteiger partial charge in [0.15, 0.2) is 5.75 Å². The zero-order valence-corrected chi connectivity index (χ0v) is 23.1. The lowest BCUT2D eigenvalue weighted by molar-refractivity contribution is -0.150. The summed E-state index contributed by atoms with van der Waals surface area (Å²) in [6.07, 6.45) is 2.23. The molecule has 2 heterocycles. The predicted molar refractivity (Wildman–Crippen MR) is 139 cm³/mol. The molecular weight excluding hydrogens is 510 g/mol. The molecule has 0 atom stereocenters. The molecule has 2 aliphatic rings. The molecule has 0 spiro atoms. The number of esters is 4. The van der Waals surface area contributed by atoms with E-state index in [4.69, 9.17) is 28.4 Å². The molecule has 11 heteroatoms. The molecule has 39 heavy (non-hydrogen) atoms. The van der Waals surface area contributed by atoms with Crippen molar-refractivity contribution in [2.75, 3.05) is 53.2 Å². The van der Waals surface area contributed by atoms with Gasteiger partial charge in [0.1, 0.15) is 30.9 Å². The van der Waals surface area contributed by atoms with Crippen molar-refractivity contribution in [2.24, 2.45) is 0 Å². The van der Waals surface area contributed by atoms with Crippen LogP contribution in [0.3, 0.4) is 0 Å². The molecule has 1 saturated heterocycles. The van der Waals surface area contributed by atoms with Crippen LogP contribution < -0.4 is 9.47 Å². The van der Waals surface area contributed by atoms with Gasteiger partial charge in [0.2, 0.25) is 0 Å². The van der Waals surface area contributed by atoms with Crippen LogP contribution in [0.2, 0.25) is 0 Å². The van der Waals surface area contributed by atoms with Crippen LogP contribution >= 0.6 is 0 Å². The number of cyclic esters (lactones) is 1. The number of benzene rings is 1. The van der Waals surface area contributed by atoms with Crippen LogP contribution in [0.1, 0.15) is 60.2 Å². The van der Waals surface area contributed by atoms with E-state index in [1.54, 1.807) is 13.8 Å². The zero-order chi connectivity index (χ0) is 28.4. The molecule has 3 rings (SSSR count). The van der Waals surface area contributed by atoms with Gasteiger partial charge in [0.25, 0.3) is 0 Å². The number of hydrogen-bond donors (Lipinski definition) is 0. The summed E-state index contributed by atoms with van der Waals surface area (Å²) in [6, 6.07) is 0. The van der Waals surface area contributed by atoms with E-state index in [2.05, 4.69) is 4.90 Å². The minimum atomic E-state index is -0.858. The quantitative estimate of drug-likeness (QED) is 0.119. The number of fused-ring (bicyclic) bond motifs is 1. The van der Waals surface area contributed by atoms with Crippen molar-refractivity contribution in [1.29, 1.82) is 0 Å². The van der Waals surface area contributed by atoms with Gasteiger partial charge in [0.05, 0.1) is 26.9 Å². The van der Waals surface area contributed by atoms with Crippen LogP contribution in [0, 0.1) is 6.92 Å². The van der Waals surface area contributed by atoms with Crippen molar-refractivity contribution in [2.45, 2.75) is 53.1 Å². The summed E-state index contributed by atoms with van der Waals surface area (Å²) in [6.45, 7) is 9.56. The van der Waals surface area contributed by atoms with Gasteiger partial charge in [0, 0.05) is 37.2 Å². The van der Waals surface area contributed by atoms with Crippen molar-refractivity contribution >= 4 is 23.9 Å². The molecule has 1 aromatic carbocycles. The zero-order valence-electron chi connectivity index (χ0n) is 23.1. The maximum atomic E-state index is 12.6. The number of carbonyl (C=O) groups excluding carboxylic acids is 4. The van der Waals surface area contributed by atoms with Crippen molar-refractivity contribution in [3.8, 4) is 11.5 Å². The topological polar surface area (TPSA) is 127 Å². The molecule has 11 nitrogen and oxygen atoms in total. The van der Waals surface area contributed by atoms with Gasteiger partial charge in [-0.25, -0.2) is 4.79 Å². The van der Waals surface area contributed by atoms with Gasteiger partial charge in [-0.15, -0.1) is 0 Å². The van der Waals surface area contributed by atoms with Gasteiger partial charge < -0.3 is 28.4 Å². The monoisotopic (exact) mass is 547 g/mol. The minimum Gasteiger partial charge on any atom is -0.496 e. The third kappa shape index (κ3) is 8.27. The van der Waals surface area contributed by atoms with Crippen LogP contribution in [-0.2, 0) is 46.4 Å². The molecule has 1 aromatic rings. The summed E-state index contributed by atoms with van der Waals surface area (Å²) in [5.74, 6) is -2.01. The maximum Gasteiger partial charge on any atom is 0.342 e. The third-order valence-corrected chi connectivity index (χ3v) is 6.59. The summed E-state index contributed by atoms with van der Waals surface area (Å²) >= 11 is 0. The highest BCUT2D eigenvalue weighted by Crippen LogP contribution is 2.43. The lowest BCUT2D eigenvalue weighted by Gasteiger charge is -2.26. The van der Waals surface area contributed by atoms with Crippen LogP contribution in [0.15, 0.2) is 11.6 Å². The van der Waals surface area contributed by atoms with E-state index in [1.165, 1.54) is 7.11 Å². The van der Waals surface area contributed by atoms with Gasteiger partial charge in [-0.05, 0) is 39.2 Å². The number of allylic oxidation sites excluding steroid dienone is 2. The van der Waals surface area contributed by atoms with E-state index < -0.39 is 24.3 Å². The molecule has 0 radical (unpaired) electrons. The summed E-state index contributed by atoms with van der Waals surface area (Å²) in [4.78, 5) is 51.3. The number of morpholine rings is 1. The molecule has 214 valence electrons. The van der Waals surface area contributed by atoms with Crippen molar-refractivity contribution < 1.29 is 47.6 Å². The second-order valence-corrected chi connectivity index (χ2v) is 9.28. The van der Waals surface area contributed by atoms with Crippen LogP contribution in [0.5, 0.6) is 11.5 Å². The Labute approximate surface area is 228 Å². The van der Waals surface area contributed by atoms with Gasteiger partial charge in [-0.1, -0.05) is 11.6 Å². The first kappa shape index (κ1) is 30.1. The highest BCUT2D eigenvalue weighted by atomic mass is 16.6. The van der Waals surface area contributed by atoms with Crippen molar-refractivity contribution in [3.05, 3.63) is 33.9 Å². The maximum absolute atomic E-state index is 12.6. The van der Waals surface area contributed by atoms with Crippen molar-refractivity contribution in [1.82, 2.24) is 4.90 Å². The first-order chi connectivity index (χ1) is 18.7. The standard InChI is InChI=1S/C28H37NO10/c1-5-36-23(31)16-24(32)39-27-20(26(34-4)19(3)21-17-38-28(33)25(21)27)8-6-18(2)7-9-22(30)37-15-12-29-10-13-35-14-11-29/h6H,5,7-17H2,1-4H3. The van der Waals surface area contributed by atoms with E-state index in [0.717, 1.165) is 18.7 Å². The van der Waals surface area contributed by atoms with E-state index in [-0.39, 0.29) is 43.3 Å². The Hall–Kier alpha value is -3.44. The Morgan fingerprint density at radius 3 is 2.46 bits per heavy atom. The fourth-order valence-corrected chi connectivity index (χ4v) is 4.47. The molecule has 1 fully saturated rings. The number of carbonyl (C=O) groups is 4. The first-order valence-electron chi connectivity index (χ1n) is 13.1. The molecule has 0 amide bonds. The van der Waals surface area contributed by atoms with Crippen LogP contribution in [0.4, 0.5) is 0 Å². The van der Waals surface area contributed by atoms with Crippen LogP contribution in [-0.4, -0.2) is 81.9 Å². The number of methoxy groups -OCH3 is 1. The Morgan fingerprint density at radius 2 is 1.77 bits per heavy atom. The fourth-order valence-electron chi connectivity index (χ4n) is 4.47. The SMILES string of the molecule is CCOC(=O)CC(=O)Oc1c(CC=C(C)CCC(=O)OCCN2CCOCC2)c(OC)c(C)c2c1C(=O)OC2. The molecule has 0 N–H and O–H groups in total. The molecule has 0 saturated carbocycles. The Bertz CT molecular complexity index is 1100. The summed E-state index contributed by atoms with van der Waals surface area (Å²) in [5, 5.41) is 0. The van der Waals surface area contributed by atoms with Gasteiger partial charge in [-0.2, -0.15) is 0 Å². The molecule has 0 unspecified atom stereocenters. The number of ether oxygens (including phenoxy) is 6. The number of rotatable bonds is 13. The summed E-state index contributed by atoms with van der Waals surface area (Å²) < 4.78 is 31.9. The Morgan fingerprint density at radius 1 is 1.03 bits per heavy atom. The predicted octanol–water partition coefficient (Wildman–Crippen LogP) is 2.68. The largest absolute Gasteiger partial charge is 0.496 e. The Kier molecular flexibility index (Phi) is 11.3. The third-order valence-electron chi connectivity index (χ3n) is 6.59.